The van der Waals surface area contributed by atoms with E-state index in [4.69, 9.17) is 4.74 Å². The maximum atomic E-state index is 13.2. The molecule has 3 nitrogen and oxygen atoms in total. The molecule has 0 N–H and O–H groups in total. The van der Waals surface area contributed by atoms with Crippen LogP contribution in [-0.4, -0.2) is 46.7 Å². The molecule has 2 aromatic rings. The van der Waals surface area contributed by atoms with Crippen molar-refractivity contribution < 1.29 is 13.3 Å². The van der Waals surface area contributed by atoms with Crippen molar-refractivity contribution in [1.29, 1.82) is 0 Å². The summed E-state index contributed by atoms with van der Waals surface area (Å²) in [4.78, 5) is 3.15. The van der Waals surface area contributed by atoms with E-state index in [0.29, 0.717) is 17.3 Å². The smallest absolute Gasteiger partial charge is 0.123 e. The van der Waals surface area contributed by atoms with Gasteiger partial charge in [0.05, 0.1) is 22.2 Å². The molecule has 1 aliphatic heterocycles. The van der Waals surface area contributed by atoms with Crippen LogP contribution in [0.1, 0.15) is 31.7 Å². The topological polar surface area (TPSA) is 29.5 Å². The molecule has 1 saturated heterocycles. The lowest BCUT2D eigenvalue weighted by Crippen LogP contribution is -2.49. The van der Waals surface area contributed by atoms with Crippen LogP contribution in [0.3, 0.4) is 0 Å². The van der Waals surface area contributed by atoms with Crippen LogP contribution in [-0.2, 0) is 22.0 Å². The Hall–Kier alpha value is -1.56. The first-order chi connectivity index (χ1) is 13.6. The van der Waals surface area contributed by atoms with Gasteiger partial charge in [0.25, 0.3) is 0 Å². The number of rotatable bonds is 9. The van der Waals surface area contributed by atoms with Crippen molar-refractivity contribution in [3.8, 4) is 0 Å². The summed E-state index contributed by atoms with van der Waals surface area (Å²) in [5.74, 6) is 0.176. The Morgan fingerprint density at radius 3 is 2.39 bits per heavy atom. The molecular weight excluding hydrogens is 373 g/mol. The molecule has 0 spiro atoms. The highest BCUT2D eigenvalue weighted by molar-refractivity contribution is 7.85. The van der Waals surface area contributed by atoms with Crippen molar-refractivity contribution in [3.63, 3.8) is 0 Å². The van der Waals surface area contributed by atoms with Crippen molar-refractivity contribution in [2.45, 2.75) is 43.1 Å². The number of halogens is 1. The van der Waals surface area contributed by atoms with E-state index in [1.54, 1.807) is 12.1 Å². The van der Waals surface area contributed by atoms with Crippen LogP contribution < -0.4 is 0 Å². The van der Waals surface area contributed by atoms with Gasteiger partial charge >= 0.3 is 0 Å². The highest BCUT2D eigenvalue weighted by Gasteiger charge is 2.37. The zero-order chi connectivity index (χ0) is 19.8. The quantitative estimate of drug-likeness (QED) is 0.620. The van der Waals surface area contributed by atoms with Gasteiger partial charge in [-0.2, -0.15) is 0 Å². The molecule has 2 aromatic carbocycles. The lowest BCUT2D eigenvalue weighted by Gasteiger charge is -2.41. The Labute approximate surface area is 170 Å². The fourth-order valence-electron chi connectivity index (χ4n) is 3.67. The molecule has 0 aromatic heterocycles. The summed E-state index contributed by atoms with van der Waals surface area (Å²) in [6.45, 7) is 5.73. The number of likely N-dealkylation sites (tertiary alicyclic amines) is 1. The lowest BCUT2D eigenvalue weighted by molar-refractivity contribution is -0.0674. The fraction of sp³-hybridized carbons (Fsp3) is 0.478. The summed E-state index contributed by atoms with van der Waals surface area (Å²) in [5, 5.41) is 0. The number of ether oxygens (including phenoxy) is 1. The molecule has 1 heterocycles. The van der Waals surface area contributed by atoms with Gasteiger partial charge in [-0.1, -0.05) is 37.3 Å². The van der Waals surface area contributed by atoms with Crippen molar-refractivity contribution in [2.24, 2.45) is 0 Å². The van der Waals surface area contributed by atoms with Gasteiger partial charge in [-0.15, -0.1) is 0 Å². The van der Waals surface area contributed by atoms with Gasteiger partial charge in [0.2, 0.25) is 0 Å². The number of hydrogen-bond acceptors (Lipinski definition) is 3. The second-order valence-corrected chi connectivity index (χ2v) is 9.00. The summed E-state index contributed by atoms with van der Waals surface area (Å²) >= 11 is 0. The molecule has 0 saturated carbocycles. The van der Waals surface area contributed by atoms with E-state index in [2.05, 4.69) is 36.1 Å². The van der Waals surface area contributed by atoms with Crippen molar-refractivity contribution in [3.05, 3.63) is 66.0 Å². The monoisotopic (exact) mass is 403 g/mol. The minimum Gasteiger partial charge on any atom is -0.374 e. The number of piperidine rings is 1. The number of benzene rings is 2. The fourth-order valence-corrected chi connectivity index (χ4v) is 5.13. The highest BCUT2D eigenvalue weighted by Crippen LogP contribution is 2.29. The molecule has 1 unspecified atom stereocenters. The van der Waals surface area contributed by atoms with E-state index in [-0.39, 0.29) is 11.4 Å². The minimum absolute atomic E-state index is 0.301. The van der Waals surface area contributed by atoms with Gasteiger partial charge in [0, 0.05) is 31.1 Å². The Morgan fingerprint density at radius 1 is 1.07 bits per heavy atom. The van der Waals surface area contributed by atoms with Crippen LogP contribution in [0.25, 0.3) is 0 Å². The minimum atomic E-state index is -1.19. The summed E-state index contributed by atoms with van der Waals surface area (Å²) in [6, 6.07) is 16.5. The molecule has 0 amide bonds. The summed E-state index contributed by atoms with van der Waals surface area (Å²) < 4.78 is 32.3. The first-order valence-electron chi connectivity index (χ1n) is 10.1. The molecule has 5 heteroatoms. The molecule has 0 bridgehead atoms. The molecule has 3 rings (SSSR count). The third-order valence-corrected chi connectivity index (χ3v) is 7.00. The second kappa shape index (κ2) is 10.3. The van der Waals surface area contributed by atoms with Crippen LogP contribution >= 0.6 is 0 Å². The summed E-state index contributed by atoms with van der Waals surface area (Å²) in [5.41, 5.74) is 1.01. The zero-order valence-corrected chi connectivity index (χ0v) is 17.4. The summed E-state index contributed by atoms with van der Waals surface area (Å²) in [7, 11) is -1.19. The maximum Gasteiger partial charge on any atom is 0.123 e. The lowest BCUT2D eigenvalue weighted by atomic mass is 9.92. The van der Waals surface area contributed by atoms with E-state index in [1.165, 1.54) is 17.7 Å². The van der Waals surface area contributed by atoms with E-state index >= 15 is 0 Å². The predicted molar refractivity (Wildman–Crippen MR) is 112 cm³/mol. The Bertz CT molecular complexity index is 743. The maximum absolute atomic E-state index is 13.2. The van der Waals surface area contributed by atoms with Crippen molar-refractivity contribution in [2.75, 3.05) is 32.0 Å². The highest BCUT2D eigenvalue weighted by atomic mass is 32.2. The van der Waals surface area contributed by atoms with E-state index < -0.39 is 10.8 Å². The standard InChI is InChI=1S/C23H30FNO2S/c1-2-18-27-23(19-28(26)22-10-8-21(24)9-11-22)13-16-25(17-14-23)15-12-20-6-4-3-5-7-20/h3-11H,2,12-19H2,1H3. The van der Waals surface area contributed by atoms with Crippen LogP contribution in [0.2, 0.25) is 0 Å². The molecule has 0 aliphatic carbocycles. The molecule has 1 atom stereocenters. The molecule has 1 aliphatic rings. The van der Waals surface area contributed by atoms with Gasteiger partial charge in [0.1, 0.15) is 5.82 Å². The van der Waals surface area contributed by atoms with E-state index in [0.717, 1.165) is 45.3 Å². The van der Waals surface area contributed by atoms with Gasteiger partial charge in [-0.3, -0.25) is 4.21 Å². The number of nitrogens with zero attached hydrogens (tertiary/aromatic N) is 1. The average Bonchev–Trinajstić information content (AvgIpc) is 2.73. The molecular formula is C23H30FNO2S. The molecule has 0 radical (unpaired) electrons. The molecule has 1 fully saturated rings. The van der Waals surface area contributed by atoms with Gasteiger partial charge < -0.3 is 9.64 Å². The molecule has 28 heavy (non-hydrogen) atoms. The van der Waals surface area contributed by atoms with Gasteiger partial charge in [0.15, 0.2) is 0 Å². The predicted octanol–water partition coefficient (Wildman–Crippen LogP) is 4.44. The van der Waals surface area contributed by atoms with Crippen molar-refractivity contribution in [1.82, 2.24) is 4.90 Å². The van der Waals surface area contributed by atoms with Gasteiger partial charge in [-0.05, 0) is 55.5 Å². The van der Waals surface area contributed by atoms with Gasteiger partial charge in [-0.25, -0.2) is 4.39 Å². The largest absolute Gasteiger partial charge is 0.374 e. The third-order valence-electron chi connectivity index (χ3n) is 5.41. The van der Waals surface area contributed by atoms with Crippen LogP contribution in [0.5, 0.6) is 0 Å². The third kappa shape index (κ3) is 5.97. The van der Waals surface area contributed by atoms with Crippen LogP contribution in [0.15, 0.2) is 59.5 Å². The number of hydrogen-bond donors (Lipinski definition) is 0. The van der Waals surface area contributed by atoms with Crippen LogP contribution in [0, 0.1) is 5.82 Å². The van der Waals surface area contributed by atoms with Crippen LogP contribution in [0.4, 0.5) is 4.39 Å². The first kappa shape index (κ1) is 21.2. The normalized spacial score (nSPS) is 18.1. The molecule has 152 valence electrons. The average molecular weight is 404 g/mol. The van der Waals surface area contributed by atoms with E-state index in [1.807, 2.05) is 6.07 Å². The second-order valence-electron chi connectivity index (χ2n) is 7.55. The first-order valence-corrected chi connectivity index (χ1v) is 11.5. The Balaban J connectivity index is 1.58. The van der Waals surface area contributed by atoms with Crippen molar-refractivity contribution >= 4 is 10.8 Å². The zero-order valence-electron chi connectivity index (χ0n) is 16.6. The Morgan fingerprint density at radius 2 is 1.75 bits per heavy atom. The Kier molecular flexibility index (Phi) is 7.77. The summed E-state index contributed by atoms with van der Waals surface area (Å²) in [6.07, 6.45) is 3.76. The SMILES string of the molecule is CCCOC1(CS(=O)c2ccc(F)cc2)CCN(CCc2ccccc2)CC1. The van der Waals surface area contributed by atoms with E-state index in [9.17, 15) is 8.60 Å².